The summed E-state index contributed by atoms with van der Waals surface area (Å²) in [5, 5.41) is 7.77. The molecule has 7 nitrogen and oxygen atoms in total. The number of fused-ring (bicyclic) bond motifs is 1. The summed E-state index contributed by atoms with van der Waals surface area (Å²) in [6, 6.07) is 15.4. The molecule has 1 atom stereocenters. The SMILES string of the molecule is CC(Nc1nc2c(cnn2-c2ccccc2)c(=O)[nH]1)c1ccc(OC(F)F)cc1. The van der Waals surface area contributed by atoms with Crippen molar-refractivity contribution in [2.75, 3.05) is 5.32 Å². The molecule has 29 heavy (non-hydrogen) atoms. The summed E-state index contributed by atoms with van der Waals surface area (Å²) < 4.78 is 30.5. The largest absolute Gasteiger partial charge is 0.435 e. The molecule has 0 aliphatic carbocycles. The molecule has 0 amide bonds. The highest BCUT2D eigenvalue weighted by atomic mass is 19.3. The highest BCUT2D eigenvalue weighted by Crippen LogP contribution is 2.22. The molecule has 0 spiro atoms. The Kier molecular flexibility index (Phi) is 4.94. The molecule has 2 heterocycles. The van der Waals surface area contributed by atoms with Crippen LogP contribution in [-0.2, 0) is 0 Å². The van der Waals surface area contributed by atoms with Crippen molar-refractivity contribution in [1.82, 2.24) is 19.7 Å². The first-order valence-corrected chi connectivity index (χ1v) is 8.86. The Labute approximate surface area is 164 Å². The number of rotatable bonds is 6. The number of aromatic nitrogens is 4. The average molecular weight is 397 g/mol. The molecule has 4 rings (SSSR count). The molecule has 2 aromatic heterocycles. The molecule has 0 saturated carbocycles. The Bertz CT molecular complexity index is 1170. The number of hydrogen-bond donors (Lipinski definition) is 2. The van der Waals surface area contributed by atoms with Gasteiger partial charge in [0.05, 0.1) is 17.9 Å². The summed E-state index contributed by atoms with van der Waals surface area (Å²) in [5.41, 5.74) is 1.71. The number of ether oxygens (including phenoxy) is 1. The third-order valence-electron chi connectivity index (χ3n) is 4.40. The van der Waals surface area contributed by atoms with Crippen molar-refractivity contribution in [3.05, 3.63) is 76.7 Å². The molecule has 2 N–H and O–H groups in total. The van der Waals surface area contributed by atoms with Gasteiger partial charge in [0.25, 0.3) is 5.56 Å². The van der Waals surface area contributed by atoms with Crippen LogP contribution in [0, 0.1) is 0 Å². The minimum absolute atomic E-state index is 0.0793. The highest BCUT2D eigenvalue weighted by Gasteiger charge is 2.14. The van der Waals surface area contributed by atoms with Crippen LogP contribution >= 0.6 is 0 Å². The number of para-hydroxylation sites is 1. The van der Waals surface area contributed by atoms with Crippen LogP contribution in [-0.4, -0.2) is 26.4 Å². The zero-order chi connectivity index (χ0) is 20.4. The fraction of sp³-hybridized carbons (Fsp3) is 0.150. The number of nitrogens with one attached hydrogen (secondary N) is 2. The summed E-state index contributed by atoms with van der Waals surface area (Å²) in [6.45, 7) is -1.01. The Morgan fingerprint density at radius 2 is 1.83 bits per heavy atom. The molecule has 0 saturated heterocycles. The van der Waals surface area contributed by atoms with Gasteiger partial charge in [0.2, 0.25) is 5.95 Å². The fourth-order valence-electron chi connectivity index (χ4n) is 2.97. The van der Waals surface area contributed by atoms with Crippen LogP contribution in [0.15, 0.2) is 65.6 Å². The van der Waals surface area contributed by atoms with Crippen LogP contribution in [0.25, 0.3) is 16.7 Å². The molecule has 2 aromatic carbocycles. The van der Waals surface area contributed by atoms with Gasteiger partial charge in [-0.1, -0.05) is 30.3 Å². The summed E-state index contributed by atoms with van der Waals surface area (Å²) in [7, 11) is 0. The number of halogens is 2. The number of anilines is 1. The van der Waals surface area contributed by atoms with E-state index in [1.807, 2.05) is 37.3 Å². The zero-order valence-electron chi connectivity index (χ0n) is 15.3. The second-order valence-corrected chi connectivity index (χ2v) is 6.36. The van der Waals surface area contributed by atoms with E-state index in [1.54, 1.807) is 16.8 Å². The van der Waals surface area contributed by atoms with Gasteiger partial charge >= 0.3 is 6.61 Å². The summed E-state index contributed by atoms with van der Waals surface area (Å²) >= 11 is 0. The van der Waals surface area contributed by atoms with Crippen LogP contribution < -0.4 is 15.6 Å². The molecule has 4 aromatic rings. The van der Waals surface area contributed by atoms with Crippen LogP contribution in [0.1, 0.15) is 18.5 Å². The summed E-state index contributed by atoms with van der Waals surface area (Å²) in [4.78, 5) is 19.6. The van der Waals surface area contributed by atoms with E-state index in [4.69, 9.17) is 0 Å². The van der Waals surface area contributed by atoms with Crippen molar-refractivity contribution in [2.45, 2.75) is 19.6 Å². The lowest BCUT2D eigenvalue weighted by molar-refractivity contribution is -0.0498. The van der Waals surface area contributed by atoms with E-state index in [0.29, 0.717) is 11.0 Å². The van der Waals surface area contributed by atoms with E-state index >= 15 is 0 Å². The number of benzene rings is 2. The van der Waals surface area contributed by atoms with Crippen molar-refractivity contribution in [2.24, 2.45) is 0 Å². The number of aromatic amines is 1. The molecule has 0 fully saturated rings. The van der Waals surface area contributed by atoms with Gasteiger partial charge in [-0.25, -0.2) is 4.68 Å². The quantitative estimate of drug-likeness (QED) is 0.516. The van der Waals surface area contributed by atoms with Gasteiger partial charge in [0.15, 0.2) is 5.65 Å². The van der Waals surface area contributed by atoms with Crippen LogP contribution in [0.3, 0.4) is 0 Å². The Balaban J connectivity index is 1.62. The van der Waals surface area contributed by atoms with E-state index in [2.05, 4.69) is 25.1 Å². The van der Waals surface area contributed by atoms with Crippen LogP contribution in [0.4, 0.5) is 14.7 Å². The van der Waals surface area contributed by atoms with Gasteiger partial charge in [0.1, 0.15) is 11.1 Å². The maximum absolute atomic E-state index is 12.4. The maximum Gasteiger partial charge on any atom is 0.387 e. The van der Waals surface area contributed by atoms with Gasteiger partial charge in [-0.15, -0.1) is 0 Å². The number of hydrogen-bond acceptors (Lipinski definition) is 5. The lowest BCUT2D eigenvalue weighted by Crippen LogP contribution is -2.16. The number of H-pyrrole nitrogens is 1. The Morgan fingerprint density at radius 3 is 2.52 bits per heavy atom. The minimum Gasteiger partial charge on any atom is -0.435 e. The lowest BCUT2D eigenvalue weighted by Gasteiger charge is -2.15. The molecular formula is C20H17F2N5O2. The van der Waals surface area contributed by atoms with Crippen molar-refractivity contribution in [3.63, 3.8) is 0 Å². The van der Waals surface area contributed by atoms with Gasteiger partial charge in [-0.2, -0.15) is 18.9 Å². The molecule has 0 bridgehead atoms. The van der Waals surface area contributed by atoms with E-state index in [-0.39, 0.29) is 23.3 Å². The van der Waals surface area contributed by atoms with Gasteiger partial charge in [-0.3, -0.25) is 9.78 Å². The van der Waals surface area contributed by atoms with Gasteiger partial charge in [0, 0.05) is 0 Å². The van der Waals surface area contributed by atoms with E-state index in [1.165, 1.54) is 18.3 Å². The topological polar surface area (TPSA) is 84.8 Å². The normalized spacial score (nSPS) is 12.3. The first kappa shape index (κ1) is 18.6. The van der Waals surface area contributed by atoms with Crippen molar-refractivity contribution in [3.8, 4) is 11.4 Å². The molecule has 0 aliphatic heterocycles. The Hall–Kier alpha value is -3.75. The third-order valence-corrected chi connectivity index (χ3v) is 4.40. The highest BCUT2D eigenvalue weighted by molar-refractivity contribution is 5.76. The molecule has 148 valence electrons. The molecule has 9 heteroatoms. The third kappa shape index (κ3) is 3.93. The first-order chi connectivity index (χ1) is 14.0. The minimum atomic E-state index is -2.87. The smallest absolute Gasteiger partial charge is 0.387 e. The second-order valence-electron chi connectivity index (χ2n) is 6.36. The van der Waals surface area contributed by atoms with Crippen molar-refractivity contribution in [1.29, 1.82) is 0 Å². The zero-order valence-corrected chi connectivity index (χ0v) is 15.3. The molecule has 1 unspecified atom stereocenters. The Morgan fingerprint density at radius 1 is 1.10 bits per heavy atom. The van der Waals surface area contributed by atoms with E-state index in [9.17, 15) is 13.6 Å². The van der Waals surface area contributed by atoms with E-state index in [0.717, 1.165) is 11.3 Å². The molecule has 0 radical (unpaired) electrons. The van der Waals surface area contributed by atoms with Crippen molar-refractivity contribution < 1.29 is 13.5 Å². The lowest BCUT2D eigenvalue weighted by atomic mass is 10.1. The fourth-order valence-corrected chi connectivity index (χ4v) is 2.97. The van der Waals surface area contributed by atoms with Gasteiger partial charge < -0.3 is 10.1 Å². The van der Waals surface area contributed by atoms with Crippen LogP contribution in [0.2, 0.25) is 0 Å². The maximum atomic E-state index is 12.4. The summed E-state index contributed by atoms with van der Waals surface area (Å²) in [6.07, 6.45) is 1.48. The summed E-state index contributed by atoms with van der Waals surface area (Å²) in [5.74, 6) is 0.358. The number of nitrogens with zero attached hydrogens (tertiary/aromatic N) is 3. The predicted octanol–water partition coefficient (Wildman–Crippen LogP) is 3.88. The molecular weight excluding hydrogens is 380 g/mol. The number of alkyl halides is 2. The van der Waals surface area contributed by atoms with Crippen LogP contribution in [0.5, 0.6) is 5.75 Å². The molecule has 0 aliphatic rings. The van der Waals surface area contributed by atoms with E-state index < -0.39 is 6.61 Å². The second kappa shape index (κ2) is 7.70. The predicted molar refractivity (Wildman–Crippen MR) is 105 cm³/mol. The van der Waals surface area contributed by atoms with Crippen molar-refractivity contribution >= 4 is 17.0 Å². The first-order valence-electron chi connectivity index (χ1n) is 8.86. The standard InChI is InChI=1S/C20H17F2N5O2/c1-12(13-7-9-15(10-8-13)29-19(21)22)24-20-25-17-16(18(28)26-20)11-23-27(17)14-5-3-2-4-6-14/h2-12,19H,1H3,(H2,24,25,26,28). The van der Waals surface area contributed by atoms with Gasteiger partial charge in [-0.05, 0) is 36.8 Å². The monoisotopic (exact) mass is 397 g/mol. The average Bonchev–Trinajstić information content (AvgIpc) is 3.13.